The predicted molar refractivity (Wildman–Crippen MR) is 122 cm³/mol. The Morgan fingerprint density at radius 1 is 0.654 bits per heavy atom. The van der Waals surface area contributed by atoms with Crippen molar-refractivity contribution in [1.82, 2.24) is 0 Å². The van der Waals surface area contributed by atoms with E-state index in [2.05, 4.69) is 104 Å². The number of hydrogen-bond acceptors (Lipinski definition) is 0. The Labute approximate surface area is 167 Å². The molecule has 0 nitrogen and oxygen atoms in total. The van der Waals surface area contributed by atoms with Crippen LogP contribution in [0.25, 0.3) is 0 Å². The first-order valence-electron chi connectivity index (χ1n) is 9.35. The summed E-state index contributed by atoms with van der Waals surface area (Å²) in [5.41, 5.74) is -1.60. The van der Waals surface area contributed by atoms with Gasteiger partial charge in [0.2, 0.25) is 0 Å². The third kappa shape index (κ3) is 3.67. The van der Waals surface area contributed by atoms with Gasteiger partial charge >= 0.3 is 168 Å². The van der Waals surface area contributed by atoms with Crippen molar-refractivity contribution in [3.05, 3.63) is 91.0 Å². The average Bonchev–Trinajstić information content (AvgIpc) is 2.69. The molecule has 0 saturated heterocycles. The fourth-order valence-corrected chi connectivity index (χ4v) is 45.5. The molecule has 0 N–H and O–H groups in total. The van der Waals surface area contributed by atoms with E-state index in [4.69, 9.17) is 11.6 Å². The summed E-state index contributed by atoms with van der Waals surface area (Å²) in [5, 5.41) is 0. The fraction of sp³-hybridized carbons (Fsp3) is 0.217. The van der Waals surface area contributed by atoms with Gasteiger partial charge in [0.25, 0.3) is 0 Å². The van der Waals surface area contributed by atoms with Gasteiger partial charge in [-0.3, -0.25) is 0 Å². The van der Waals surface area contributed by atoms with Crippen molar-refractivity contribution >= 4 is 45.5 Å². The quantitative estimate of drug-likeness (QED) is 0.340. The van der Waals surface area contributed by atoms with Crippen molar-refractivity contribution in [2.45, 2.75) is 25.6 Å². The van der Waals surface area contributed by atoms with Crippen molar-refractivity contribution in [1.29, 1.82) is 0 Å². The molecule has 0 bridgehead atoms. The number of rotatable bonds is 7. The number of hydrogen-bond donors (Lipinski definition) is 0. The zero-order valence-corrected chi connectivity index (χ0v) is 20.3. The van der Waals surface area contributed by atoms with E-state index >= 15 is 0 Å². The summed E-state index contributed by atoms with van der Waals surface area (Å²) in [5.74, 6) is 0.761. The zero-order chi connectivity index (χ0) is 18.5. The van der Waals surface area contributed by atoms with Crippen LogP contribution in [0.5, 0.6) is 0 Å². The van der Waals surface area contributed by atoms with Crippen LogP contribution in [0.1, 0.15) is 6.42 Å². The van der Waals surface area contributed by atoms with Crippen LogP contribution < -0.4 is 10.7 Å². The van der Waals surface area contributed by atoms with Crippen LogP contribution in [-0.4, -0.2) is 29.0 Å². The Hall–Kier alpha value is -1.03. The molecule has 26 heavy (non-hydrogen) atoms. The van der Waals surface area contributed by atoms with E-state index in [0.29, 0.717) is 0 Å². The number of halogens is 1. The van der Waals surface area contributed by atoms with Gasteiger partial charge in [-0.05, 0) is 0 Å². The molecular formula is C23H27ClSiSn. The van der Waals surface area contributed by atoms with Gasteiger partial charge in [-0.15, -0.1) is 0 Å². The van der Waals surface area contributed by atoms with E-state index < -0.39 is 23.2 Å². The summed E-state index contributed by atoms with van der Waals surface area (Å²) in [6.45, 7) is 5.23. The first-order chi connectivity index (χ1) is 12.6. The van der Waals surface area contributed by atoms with E-state index in [1.54, 1.807) is 10.7 Å². The van der Waals surface area contributed by atoms with E-state index in [1.807, 2.05) is 0 Å². The van der Waals surface area contributed by atoms with E-state index in [9.17, 15) is 0 Å². The molecule has 0 spiro atoms. The van der Waals surface area contributed by atoms with Crippen molar-refractivity contribution in [3.8, 4) is 0 Å². The van der Waals surface area contributed by atoms with Gasteiger partial charge in [-0.2, -0.15) is 0 Å². The molecule has 3 aromatic carbocycles. The monoisotopic (exact) mass is 486 g/mol. The molecular weight excluding hydrogens is 459 g/mol. The van der Waals surface area contributed by atoms with Gasteiger partial charge in [0.15, 0.2) is 0 Å². The SMILES string of the molecule is C[Si](C)(CCCCl)[Sn]([c]1ccccc1)([c]1ccccc1)[c]1ccccc1. The molecule has 0 amide bonds. The minimum atomic E-state index is -3.14. The Bertz CT molecular complexity index is 707. The van der Waals surface area contributed by atoms with Crippen molar-refractivity contribution in [2.75, 3.05) is 5.88 Å². The molecule has 3 rings (SSSR count). The average molecular weight is 486 g/mol. The van der Waals surface area contributed by atoms with Crippen molar-refractivity contribution < 1.29 is 0 Å². The molecule has 134 valence electrons. The fourth-order valence-electron chi connectivity index (χ4n) is 4.43. The standard InChI is InChI=1S/3C6H5.C5H12ClSi.Sn/c3*1-2-4-6-5-3-1;1-7(2)5-3-4-6;/h3*1-5H;3-5H2,1-2H3;. The molecule has 0 atom stereocenters. The van der Waals surface area contributed by atoms with Crippen LogP contribution in [0.15, 0.2) is 91.0 Å². The summed E-state index contributed by atoms with van der Waals surface area (Å²) >= 11 is 3.00. The summed E-state index contributed by atoms with van der Waals surface area (Å²) in [6.07, 6.45) is 1.12. The molecule has 0 heterocycles. The zero-order valence-electron chi connectivity index (χ0n) is 15.7. The van der Waals surface area contributed by atoms with Gasteiger partial charge < -0.3 is 0 Å². The molecule has 0 saturated carbocycles. The minimum absolute atomic E-state index is 0.761. The number of benzene rings is 3. The normalized spacial score (nSPS) is 12.1. The van der Waals surface area contributed by atoms with Gasteiger partial charge in [0, 0.05) is 0 Å². The molecule has 0 aliphatic carbocycles. The van der Waals surface area contributed by atoms with Gasteiger partial charge in [0.1, 0.15) is 0 Å². The Morgan fingerprint density at radius 2 is 1.00 bits per heavy atom. The summed E-state index contributed by atoms with van der Waals surface area (Å²) in [6, 6.07) is 35.4. The van der Waals surface area contributed by atoms with Crippen LogP contribution in [0.2, 0.25) is 19.1 Å². The maximum absolute atomic E-state index is 6.14. The summed E-state index contributed by atoms with van der Waals surface area (Å²) < 4.78 is 4.81. The van der Waals surface area contributed by atoms with Crippen LogP contribution >= 0.6 is 11.6 Å². The van der Waals surface area contributed by atoms with Crippen LogP contribution in [-0.2, 0) is 0 Å². The summed E-state index contributed by atoms with van der Waals surface area (Å²) in [7, 11) is 0. The van der Waals surface area contributed by atoms with E-state index in [-0.39, 0.29) is 0 Å². The molecule has 0 radical (unpaired) electrons. The molecule has 0 fully saturated rings. The van der Waals surface area contributed by atoms with Crippen LogP contribution in [0.4, 0.5) is 0 Å². The number of alkyl halides is 1. The molecule has 3 aromatic rings. The third-order valence-electron chi connectivity index (χ3n) is 5.57. The summed E-state index contributed by atoms with van der Waals surface area (Å²) in [4.78, 5) is 0. The maximum atomic E-state index is 6.14. The second kappa shape index (κ2) is 8.77. The third-order valence-corrected chi connectivity index (χ3v) is 45.1. The first-order valence-corrected chi connectivity index (χ1v) is 21.7. The molecule has 0 unspecified atom stereocenters. The molecule has 0 aromatic heterocycles. The van der Waals surface area contributed by atoms with Crippen LogP contribution in [0.3, 0.4) is 0 Å². The second-order valence-electron chi connectivity index (χ2n) is 7.52. The predicted octanol–water partition coefficient (Wildman–Crippen LogP) is 4.57. The van der Waals surface area contributed by atoms with E-state index in [0.717, 1.165) is 12.3 Å². The van der Waals surface area contributed by atoms with Crippen LogP contribution in [0, 0.1) is 0 Å². The Morgan fingerprint density at radius 3 is 1.31 bits per heavy atom. The van der Waals surface area contributed by atoms with Gasteiger partial charge in [0.05, 0.1) is 0 Å². The van der Waals surface area contributed by atoms with Crippen molar-refractivity contribution in [2.24, 2.45) is 0 Å². The molecule has 3 heteroatoms. The van der Waals surface area contributed by atoms with Gasteiger partial charge in [-0.25, -0.2) is 0 Å². The topological polar surface area (TPSA) is 0 Å². The second-order valence-corrected chi connectivity index (χ2v) is 38.0. The van der Waals surface area contributed by atoms with Crippen molar-refractivity contribution in [3.63, 3.8) is 0 Å². The Kier molecular flexibility index (Phi) is 6.65. The van der Waals surface area contributed by atoms with E-state index in [1.165, 1.54) is 6.04 Å². The Balaban J connectivity index is 2.36. The molecule has 0 aliphatic heterocycles. The molecule has 0 aliphatic rings. The van der Waals surface area contributed by atoms with Gasteiger partial charge in [-0.1, -0.05) is 0 Å². The first kappa shape index (κ1) is 19.7.